The van der Waals surface area contributed by atoms with Gasteiger partial charge in [-0.2, -0.15) is 13.2 Å². The predicted octanol–water partition coefficient (Wildman–Crippen LogP) is 4.46. The van der Waals surface area contributed by atoms with Crippen LogP contribution in [-0.2, 0) is 12.6 Å². The molecule has 0 bridgehead atoms. The number of nitrogens with one attached hydrogen (secondary N) is 1. The van der Waals surface area contributed by atoms with Gasteiger partial charge in [0, 0.05) is 24.4 Å². The van der Waals surface area contributed by atoms with Crippen LogP contribution in [0.25, 0.3) is 0 Å². The number of nitrogens with zero attached hydrogens (tertiary/aromatic N) is 1. The predicted molar refractivity (Wildman–Crippen MR) is 101 cm³/mol. The van der Waals surface area contributed by atoms with E-state index in [9.17, 15) is 27.2 Å². The molecule has 0 aliphatic carbocycles. The van der Waals surface area contributed by atoms with Crippen LogP contribution in [0.15, 0.2) is 73.1 Å². The lowest BCUT2D eigenvalue weighted by molar-refractivity contribution is -0.137. The second-order valence-electron chi connectivity index (χ2n) is 6.54. The van der Waals surface area contributed by atoms with E-state index in [1.165, 1.54) is 42.7 Å². The Balaban J connectivity index is 1.85. The summed E-state index contributed by atoms with van der Waals surface area (Å²) in [5, 5.41) is 2.60. The number of Topliss-reactive ketones (excluding diaryl/α,β-unsaturated/α-hetero) is 1. The number of carbonyl (C=O) groups excluding carboxylic acids is 2. The van der Waals surface area contributed by atoms with Crippen LogP contribution in [0.2, 0.25) is 0 Å². The van der Waals surface area contributed by atoms with Crippen LogP contribution in [0.1, 0.15) is 31.8 Å². The van der Waals surface area contributed by atoms with Gasteiger partial charge in [-0.1, -0.05) is 12.1 Å². The first-order valence-electron chi connectivity index (χ1n) is 8.91. The van der Waals surface area contributed by atoms with Gasteiger partial charge in [0.2, 0.25) is 0 Å². The summed E-state index contributed by atoms with van der Waals surface area (Å²) in [4.78, 5) is 29.3. The van der Waals surface area contributed by atoms with Crippen molar-refractivity contribution in [3.63, 3.8) is 0 Å². The molecule has 1 amide bonds. The molecule has 154 valence electrons. The number of benzene rings is 2. The summed E-state index contributed by atoms with van der Waals surface area (Å²) < 4.78 is 51.5. The average molecular weight is 416 g/mol. The third-order valence-electron chi connectivity index (χ3n) is 4.40. The molecule has 1 aromatic heterocycles. The summed E-state index contributed by atoms with van der Waals surface area (Å²) >= 11 is 0. The fourth-order valence-corrected chi connectivity index (χ4v) is 2.83. The highest BCUT2D eigenvalue weighted by atomic mass is 19.4. The zero-order valence-electron chi connectivity index (χ0n) is 15.5. The standard InChI is InChI=1S/C22H16F4N2O2/c23-18-9-5-15(6-10-18)20(29)19(28-21(30)16-2-1-11-27-13-16)12-14-3-7-17(8-4-14)22(24,25)26/h1-11,13,19H,12H2,(H,28,30). The molecule has 0 aliphatic heterocycles. The molecular formula is C22H16F4N2O2. The van der Waals surface area contributed by atoms with E-state index in [-0.39, 0.29) is 17.5 Å². The van der Waals surface area contributed by atoms with Gasteiger partial charge in [0.15, 0.2) is 5.78 Å². The maximum absolute atomic E-state index is 13.2. The maximum atomic E-state index is 13.2. The molecule has 4 nitrogen and oxygen atoms in total. The first-order valence-corrected chi connectivity index (χ1v) is 8.91. The Labute approximate surface area is 169 Å². The zero-order valence-corrected chi connectivity index (χ0v) is 15.5. The summed E-state index contributed by atoms with van der Waals surface area (Å²) in [6.45, 7) is 0. The number of aromatic nitrogens is 1. The van der Waals surface area contributed by atoms with Crippen molar-refractivity contribution in [2.45, 2.75) is 18.6 Å². The smallest absolute Gasteiger partial charge is 0.341 e. The Bertz CT molecular complexity index is 1020. The van der Waals surface area contributed by atoms with Crippen molar-refractivity contribution in [1.82, 2.24) is 10.3 Å². The van der Waals surface area contributed by atoms with E-state index in [1.807, 2.05) is 0 Å². The summed E-state index contributed by atoms with van der Waals surface area (Å²) in [5.41, 5.74) is 0.00336. The summed E-state index contributed by atoms with van der Waals surface area (Å²) in [6.07, 6.45) is -1.70. The number of pyridine rings is 1. The van der Waals surface area contributed by atoms with Gasteiger partial charge in [0.1, 0.15) is 5.82 Å². The number of ketones is 1. The molecular weight excluding hydrogens is 400 g/mol. The highest BCUT2D eigenvalue weighted by Crippen LogP contribution is 2.29. The molecule has 0 saturated carbocycles. The lowest BCUT2D eigenvalue weighted by Crippen LogP contribution is -2.42. The SMILES string of the molecule is O=C(NC(Cc1ccc(C(F)(F)F)cc1)C(=O)c1ccc(F)cc1)c1cccnc1. The van der Waals surface area contributed by atoms with Crippen LogP contribution in [0.3, 0.4) is 0 Å². The molecule has 0 fully saturated rings. The Morgan fingerprint density at radius 3 is 2.17 bits per heavy atom. The quantitative estimate of drug-likeness (QED) is 0.477. The minimum Gasteiger partial charge on any atom is -0.341 e. The van der Waals surface area contributed by atoms with Crippen molar-refractivity contribution >= 4 is 11.7 Å². The van der Waals surface area contributed by atoms with Gasteiger partial charge in [-0.15, -0.1) is 0 Å². The molecule has 1 N–H and O–H groups in total. The molecule has 0 radical (unpaired) electrons. The maximum Gasteiger partial charge on any atom is 0.416 e. The second-order valence-corrected chi connectivity index (χ2v) is 6.54. The number of alkyl halides is 3. The van der Waals surface area contributed by atoms with Crippen molar-refractivity contribution in [1.29, 1.82) is 0 Å². The van der Waals surface area contributed by atoms with Gasteiger partial charge in [-0.05, 0) is 54.1 Å². The second kappa shape index (κ2) is 8.86. The molecule has 30 heavy (non-hydrogen) atoms. The topological polar surface area (TPSA) is 59.1 Å². The Morgan fingerprint density at radius 1 is 0.933 bits per heavy atom. The Morgan fingerprint density at radius 2 is 1.60 bits per heavy atom. The van der Waals surface area contributed by atoms with E-state index in [0.717, 1.165) is 24.3 Å². The van der Waals surface area contributed by atoms with E-state index < -0.39 is 35.3 Å². The van der Waals surface area contributed by atoms with E-state index in [2.05, 4.69) is 10.3 Å². The van der Waals surface area contributed by atoms with Crippen molar-refractivity contribution in [3.8, 4) is 0 Å². The molecule has 3 rings (SSSR count). The molecule has 0 aliphatic rings. The molecule has 1 unspecified atom stereocenters. The molecule has 2 aromatic carbocycles. The van der Waals surface area contributed by atoms with Gasteiger partial charge < -0.3 is 5.32 Å². The van der Waals surface area contributed by atoms with Crippen molar-refractivity contribution < 1.29 is 27.2 Å². The fraction of sp³-hybridized carbons (Fsp3) is 0.136. The van der Waals surface area contributed by atoms with Crippen LogP contribution in [0.5, 0.6) is 0 Å². The normalized spacial score (nSPS) is 12.3. The van der Waals surface area contributed by atoms with Crippen LogP contribution >= 0.6 is 0 Å². The van der Waals surface area contributed by atoms with Crippen LogP contribution in [-0.4, -0.2) is 22.7 Å². The highest BCUT2D eigenvalue weighted by molar-refractivity contribution is 6.04. The highest BCUT2D eigenvalue weighted by Gasteiger charge is 2.30. The van der Waals surface area contributed by atoms with Gasteiger partial charge in [0.25, 0.3) is 5.91 Å². The van der Waals surface area contributed by atoms with Gasteiger partial charge >= 0.3 is 6.18 Å². The zero-order chi connectivity index (χ0) is 21.7. The van der Waals surface area contributed by atoms with Gasteiger partial charge in [-0.25, -0.2) is 4.39 Å². The molecule has 1 atom stereocenters. The van der Waals surface area contributed by atoms with Gasteiger partial charge in [0.05, 0.1) is 17.2 Å². The summed E-state index contributed by atoms with van der Waals surface area (Å²) in [7, 11) is 0. The van der Waals surface area contributed by atoms with Crippen molar-refractivity contribution in [3.05, 3.63) is 101 Å². The van der Waals surface area contributed by atoms with E-state index in [4.69, 9.17) is 0 Å². The average Bonchev–Trinajstić information content (AvgIpc) is 2.73. The lowest BCUT2D eigenvalue weighted by Gasteiger charge is -2.18. The summed E-state index contributed by atoms with van der Waals surface area (Å²) in [5.74, 6) is -1.58. The molecule has 8 heteroatoms. The third kappa shape index (κ3) is 5.28. The Hall–Kier alpha value is -3.55. The number of halogens is 4. The molecule has 0 saturated heterocycles. The van der Waals surface area contributed by atoms with Crippen molar-refractivity contribution in [2.24, 2.45) is 0 Å². The molecule has 1 heterocycles. The van der Waals surface area contributed by atoms with Crippen LogP contribution < -0.4 is 5.32 Å². The number of carbonyl (C=O) groups is 2. The van der Waals surface area contributed by atoms with Gasteiger partial charge in [-0.3, -0.25) is 14.6 Å². The molecule has 0 spiro atoms. The van der Waals surface area contributed by atoms with E-state index >= 15 is 0 Å². The van der Waals surface area contributed by atoms with E-state index in [0.29, 0.717) is 5.56 Å². The number of rotatable bonds is 6. The largest absolute Gasteiger partial charge is 0.416 e. The first-order chi connectivity index (χ1) is 14.2. The minimum atomic E-state index is -4.48. The first kappa shape index (κ1) is 21.2. The number of hydrogen-bond acceptors (Lipinski definition) is 3. The summed E-state index contributed by atoms with van der Waals surface area (Å²) in [6, 6.07) is 11.1. The van der Waals surface area contributed by atoms with Crippen LogP contribution in [0, 0.1) is 5.82 Å². The fourth-order valence-electron chi connectivity index (χ4n) is 2.83. The monoisotopic (exact) mass is 416 g/mol. The Kier molecular flexibility index (Phi) is 6.25. The van der Waals surface area contributed by atoms with E-state index in [1.54, 1.807) is 6.07 Å². The van der Waals surface area contributed by atoms with Crippen molar-refractivity contribution in [2.75, 3.05) is 0 Å². The van der Waals surface area contributed by atoms with Crippen LogP contribution in [0.4, 0.5) is 17.6 Å². The lowest BCUT2D eigenvalue weighted by atomic mass is 9.96. The third-order valence-corrected chi connectivity index (χ3v) is 4.40. The minimum absolute atomic E-state index is 0.0413. The number of hydrogen-bond donors (Lipinski definition) is 1. The molecule has 3 aromatic rings. The number of amides is 1.